The first kappa shape index (κ1) is 26.0. The average molecular weight is 523 g/mol. The van der Waals surface area contributed by atoms with E-state index in [0.717, 1.165) is 16.8 Å². The van der Waals surface area contributed by atoms with Crippen LogP contribution in [0.5, 0.6) is 17.2 Å². The van der Waals surface area contributed by atoms with Crippen LogP contribution in [0.2, 0.25) is 0 Å². The lowest BCUT2D eigenvalue weighted by Gasteiger charge is -2.12. The minimum Gasteiger partial charge on any atom is -0.505 e. The van der Waals surface area contributed by atoms with E-state index in [-0.39, 0.29) is 18.2 Å². The minimum atomic E-state index is -0.113. The van der Waals surface area contributed by atoms with Gasteiger partial charge in [-0.2, -0.15) is 0 Å². The molecule has 0 radical (unpaired) electrons. The van der Waals surface area contributed by atoms with Gasteiger partial charge in [0.25, 0.3) is 0 Å². The number of methoxy groups -OCH3 is 1. The number of rotatable bonds is 10. The monoisotopic (exact) mass is 522 g/mol. The van der Waals surface area contributed by atoms with Crippen LogP contribution >= 0.6 is 12.0 Å². The molecule has 4 aromatic carbocycles. The number of anilines is 2. The van der Waals surface area contributed by atoms with Gasteiger partial charge in [0.1, 0.15) is 22.9 Å². The van der Waals surface area contributed by atoms with Crippen molar-refractivity contribution in [3.8, 4) is 17.2 Å². The Morgan fingerprint density at radius 1 is 0.973 bits per heavy atom. The fourth-order valence-electron chi connectivity index (χ4n) is 3.56. The summed E-state index contributed by atoms with van der Waals surface area (Å²) in [6, 6.07) is 17.9. The zero-order valence-electron chi connectivity index (χ0n) is 20.4. The number of azo groups is 1. The van der Waals surface area contributed by atoms with E-state index in [4.69, 9.17) is 20.5 Å². The first-order valence-electron chi connectivity index (χ1n) is 11.1. The highest BCUT2D eigenvalue weighted by molar-refractivity contribution is 7.94. The Labute approximate surface area is 217 Å². The number of hydrogen-bond acceptors (Lipinski definition) is 11. The van der Waals surface area contributed by atoms with Gasteiger partial charge in [-0.3, -0.25) is 0 Å². The molecule has 0 fully saturated rings. The van der Waals surface area contributed by atoms with Gasteiger partial charge in [0.05, 0.1) is 24.0 Å². The molecular weight excluding hydrogens is 496 g/mol. The molecule has 0 bridgehead atoms. The number of nitrogens with two attached hydrogens (primary N) is 1. The molecule has 11 heteroatoms. The minimum absolute atomic E-state index is 0.113. The van der Waals surface area contributed by atoms with Crippen LogP contribution < -0.4 is 20.5 Å². The predicted molar refractivity (Wildman–Crippen MR) is 143 cm³/mol. The normalized spacial score (nSPS) is 11.2. The topological polar surface area (TPSA) is 140 Å². The summed E-state index contributed by atoms with van der Waals surface area (Å²) in [4.78, 5) is 0.362. The van der Waals surface area contributed by atoms with Crippen LogP contribution in [0.4, 0.5) is 22.7 Å². The van der Waals surface area contributed by atoms with Gasteiger partial charge in [-0.15, -0.1) is 14.6 Å². The summed E-state index contributed by atoms with van der Waals surface area (Å²) in [6.07, 6.45) is 0. The van der Waals surface area contributed by atoms with Crippen LogP contribution in [-0.2, 0) is 9.37 Å². The van der Waals surface area contributed by atoms with Crippen molar-refractivity contribution in [3.05, 3.63) is 71.8 Å². The van der Waals surface area contributed by atoms with Gasteiger partial charge in [-0.1, -0.05) is 5.04 Å². The number of nitrogen functional groups attached to an aromatic ring is 1. The Balaban J connectivity index is 1.63. The van der Waals surface area contributed by atoms with Crippen molar-refractivity contribution in [1.82, 2.24) is 0 Å². The highest BCUT2D eigenvalue weighted by Crippen LogP contribution is 2.45. The number of phenols is 1. The number of phenolic OH excluding ortho intramolecular Hbond substituents is 1. The zero-order valence-corrected chi connectivity index (χ0v) is 21.2. The van der Waals surface area contributed by atoms with Gasteiger partial charge in [0.15, 0.2) is 12.5 Å². The van der Waals surface area contributed by atoms with Crippen molar-refractivity contribution in [1.29, 1.82) is 0 Å². The van der Waals surface area contributed by atoms with Gasteiger partial charge in [-0.25, -0.2) is 5.26 Å². The fourth-order valence-corrected chi connectivity index (χ4v) is 4.06. The van der Waals surface area contributed by atoms with Gasteiger partial charge < -0.3 is 25.6 Å². The summed E-state index contributed by atoms with van der Waals surface area (Å²) < 4.78 is 15.7. The van der Waals surface area contributed by atoms with E-state index in [1.807, 2.05) is 38.1 Å². The molecule has 4 rings (SSSR count). The number of aryl methyl sites for hydroxylation is 2. The van der Waals surface area contributed by atoms with Gasteiger partial charge in [-0.05, 0) is 91.0 Å². The zero-order chi connectivity index (χ0) is 26.4. The molecule has 0 aliphatic rings. The van der Waals surface area contributed by atoms with Crippen LogP contribution in [0.1, 0.15) is 11.1 Å². The summed E-state index contributed by atoms with van der Waals surface area (Å²) in [6.45, 7) is 4.15. The van der Waals surface area contributed by atoms with Crippen LogP contribution in [-0.4, -0.2) is 24.2 Å². The fraction of sp³-hybridized carbons (Fsp3) is 0.154. The van der Waals surface area contributed by atoms with Crippen LogP contribution in [0.25, 0.3) is 10.8 Å². The first-order chi connectivity index (χ1) is 17.9. The molecule has 0 saturated heterocycles. The molecule has 5 N–H and O–H groups in total. The number of benzene rings is 4. The summed E-state index contributed by atoms with van der Waals surface area (Å²) in [5, 5.41) is 36.5. The smallest absolute Gasteiger partial charge is 0.159 e. The lowest BCUT2D eigenvalue weighted by molar-refractivity contribution is -0.432. The number of hydrogen-bond donors (Lipinski definition) is 4. The van der Waals surface area contributed by atoms with Crippen molar-refractivity contribution >= 4 is 45.6 Å². The van der Waals surface area contributed by atoms with Crippen molar-refractivity contribution in [3.63, 3.8) is 0 Å². The van der Waals surface area contributed by atoms with Crippen LogP contribution in [0.15, 0.2) is 75.8 Å². The molecule has 0 spiro atoms. The summed E-state index contributed by atoms with van der Waals surface area (Å²) >= 11 is 0.676. The second-order valence-corrected chi connectivity index (χ2v) is 8.82. The molecule has 0 aromatic heterocycles. The van der Waals surface area contributed by atoms with E-state index in [0.29, 0.717) is 50.6 Å². The third-order valence-corrected chi connectivity index (χ3v) is 6.27. The molecule has 0 unspecified atom stereocenters. The second-order valence-electron chi connectivity index (χ2n) is 8.08. The maximum atomic E-state index is 11.1. The lowest BCUT2D eigenvalue weighted by Crippen LogP contribution is -2.08. The van der Waals surface area contributed by atoms with E-state index in [9.17, 15) is 5.11 Å². The maximum Gasteiger partial charge on any atom is 0.159 e. The molecule has 0 aliphatic heterocycles. The van der Waals surface area contributed by atoms with E-state index < -0.39 is 0 Å². The Bertz CT molecular complexity index is 1430. The van der Waals surface area contributed by atoms with E-state index >= 15 is 0 Å². The predicted octanol–water partition coefficient (Wildman–Crippen LogP) is 7.05. The number of nitrogens with zero attached hydrogens (tertiary/aromatic N) is 2. The molecule has 37 heavy (non-hydrogen) atoms. The molecule has 4 aromatic rings. The van der Waals surface area contributed by atoms with E-state index in [2.05, 4.69) is 24.9 Å². The summed E-state index contributed by atoms with van der Waals surface area (Å²) in [5.41, 5.74) is 9.82. The highest BCUT2D eigenvalue weighted by atomic mass is 32.2. The standard InChI is InChI=1S/C26H26N4O6S/c1-15-10-22(23(33-3)11-16(15)2)29-30-25-24(37-36-35-32)13-17-12-19(6-9-21(17)26(25)31)28-14-34-20-7-4-18(27)5-8-20/h4-13,28,31-32H,14,27H2,1-3H3. The van der Waals surface area contributed by atoms with Gasteiger partial charge >= 0.3 is 0 Å². The van der Waals surface area contributed by atoms with Crippen LogP contribution in [0, 0.1) is 13.8 Å². The van der Waals surface area contributed by atoms with Gasteiger partial charge in [0, 0.05) is 16.8 Å². The Hall–Kier alpha value is -4.03. The molecule has 192 valence electrons. The maximum absolute atomic E-state index is 11.1. The van der Waals surface area contributed by atoms with E-state index in [1.54, 1.807) is 43.5 Å². The summed E-state index contributed by atoms with van der Waals surface area (Å²) in [5.74, 6) is 1.11. The first-order valence-corrected chi connectivity index (χ1v) is 11.9. The number of aromatic hydroxyl groups is 1. The SMILES string of the molecule is COc1cc(C)c(C)cc1N=Nc1c(SOOO)cc2cc(NCOc3ccc(N)cc3)ccc2c1O. The van der Waals surface area contributed by atoms with Crippen molar-refractivity contribution < 1.29 is 29.2 Å². The third-order valence-electron chi connectivity index (χ3n) is 5.65. The highest BCUT2D eigenvalue weighted by Gasteiger charge is 2.16. The summed E-state index contributed by atoms with van der Waals surface area (Å²) in [7, 11) is 1.55. The molecule has 0 aliphatic carbocycles. The molecule has 0 saturated carbocycles. The Morgan fingerprint density at radius 2 is 1.73 bits per heavy atom. The molecular formula is C26H26N4O6S. The van der Waals surface area contributed by atoms with E-state index in [1.165, 1.54) is 0 Å². The number of ether oxygens (including phenoxy) is 2. The third kappa shape index (κ3) is 6.22. The van der Waals surface area contributed by atoms with Crippen molar-refractivity contribution in [2.75, 3.05) is 24.9 Å². The second kappa shape index (κ2) is 11.8. The van der Waals surface area contributed by atoms with Gasteiger partial charge in [0.2, 0.25) is 0 Å². The number of nitrogens with one attached hydrogen (secondary N) is 1. The Morgan fingerprint density at radius 3 is 2.46 bits per heavy atom. The van der Waals surface area contributed by atoms with Crippen molar-refractivity contribution in [2.24, 2.45) is 10.2 Å². The molecule has 0 heterocycles. The lowest BCUT2D eigenvalue weighted by atomic mass is 10.1. The van der Waals surface area contributed by atoms with Crippen molar-refractivity contribution in [2.45, 2.75) is 18.7 Å². The average Bonchev–Trinajstić information content (AvgIpc) is 2.89. The molecule has 0 amide bonds. The quantitative estimate of drug-likeness (QED) is 0.0431. The van der Waals surface area contributed by atoms with Crippen LogP contribution in [0.3, 0.4) is 0 Å². The molecule has 0 atom stereocenters. The largest absolute Gasteiger partial charge is 0.505 e. The Kier molecular flexibility index (Phi) is 8.31. The molecule has 10 nitrogen and oxygen atoms in total. The number of fused-ring (bicyclic) bond motifs is 1.